The Morgan fingerprint density at radius 2 is 2.50 bits per heavy atom. The summed E-state index contributed by atoms with van der Waals surface area (Å²) in [4.78, 5) is 4.03. The topological polar surface area (TPSA) is 36.4 Å². The molecule has 0 saturated carbocycles. The zero-order valence-corrected chi connectivity index (χ0v) is 6.65. The fourth-order valence-corrected chi connectivity index (χ4v) is 1.14. The first-order chi connectivity index (χ1) is 4.83. The quantitative estimate of drug-likeness (QED) is 0.398. The molecule has 1 rings (SSSR count). The number of amidine groups is 1. The molecule has 2 N–H and O–H groups in total. The second kappa shape index (κ2) is 3.56. The van der Waals surface area contributed by atoms with Gasteiger partial charge in [0, 0.05) is 19.6 Å². The minimum absolute atomic E-state index is 0.601. The molecule has 58 valence electrons. The zero-order valence-electron chi connectivity index (χ0n) is 6.65. The van der Waals surface area contributed by atoms with Gasteiger partial charge in [-0.15, -0.1) is 0 Å². The summed E-state index contributed by atoms with van der Waals surface area (Å²) >= 11 is 0. The minimum Gasteiger partial charge on any atom is -0.370 e. The fourth-order valence-electron chi connectivity index (χ4n) is 1.14. The number of aliphatic imine (C=N–C) groups is 1. The predicted octanol–water partition coefficient (Wildman–Crippen LogP) is -0.0139. The maximum atomic E-state index is 4.03. The van der Waals surface area contributed by atoms with Gasteiger partial charge >= 0.3 is 0 Å². The molecule has 1 saturated heterocycles. The summed E-state index contributed by atoms with van der Waals surface area (Å²) in [5.74, 6) is 1.04. The highest BCUT2D eigenvalue weighted by Gasteiger charge is 2.12. The SMILES string of the molecule is CN=C(C)NC1CCNC1. The predicted molar refractivity (Wildman–Crippen MR) is 43.4 cm³/mol. The van der Waals surface area contributed by atoms with Crippen molar-refractivity contribution in [1.82, 2.24) is 10.6 Å². The van der Waals surface area contributed by atoms with Crippen LogP contribution < -0.4 is 10.6 Å². The minimum atomic E-state index is 0.601. The summed E-state index contributed by atoms with van der Waals surface area (Å²) in [6, 6.07) is 0.601. The van der Waals surface area contributed by atoms with Crippen LogP contribution in [0.1, 0.15) is 13.3 Å². The first kappa shape index (κ1) is 7.54. The Hall–Kier alpha value is -0.570. The van der Waals surface area contributed by atoms with E-state index in [1.807, 2.05) is 14.0 Å². The lowest BCUT2D eigenvalue weighted by Gasteiger charge is -2.10. The molecule has 0 radical (unpaired) electrons. The van der Waals surface area contributed by atoms with Crippen molar-refractivity contribution in [3.63, 3.8) is 0 Å². The van der Waals surface area contributed by atoms with Crippen molar-refractivity contribution in [1.29, 1.82) is 0 Å². The Labute approximate surface area is 61.9 Å². The van der Waals surface area contributed by atoms with Crippen LogP contribution in [0.25, 0.3) is 0 Å². The Kier molecular flexibility index (Phi) is 2.68. The average Bonchev–Trinajstić information content (AvgIpc) is 2.40. The first-order valence-corrected chi connectivity index (χ1v) is 3.73. The molecule has 0 aliphatic carbocycles. The van der Waals surface area contributed by atoms with Gasteiger partial charge in [-0.1, -0.05) is 0 Å². The van der Waals surface area contributed by atoms with Gasteiger partial charge in [-0.05, 0) is 19.9 Å². The second-order valence-corrected chi connectivity index (χ2v) is 2.64. The lowest BCUT2D eigenvalue weighted by Crippen LogP contribution is -2.34. The highest BCUT2D eigenvalue weighted by Crippen LogP contribution is 1.96. The van der Waals surface area contributed by atoms with Crippen LogP contribution in [0, 0.1) is 0 Å². The second-order valence-electron chi connectivity index (χ2n) is 2.64. The van der Waals surface area contributed by atoms with Gasteiger partial charge in [0.15, 0.2) is 0 Å². The molecule has 1 unspecified atom stereocenters. The lowest BCUT2D eigenvalue weighted by molar-refractivity contribution is 0.661. The van der Waals surface area contributed by atoms with E-state index in [0.717, 1.165) is 18.9 Å². The van der Waals surface area contributed by atoms with Gasteiger partial charge in [0.05, 0.1) is 5.84 Å². The molecule has 3 heteroatoms. The van der Waals surface area contributed by atoms with Gasteiger partial charge in [0.25, 0.3) is 0 Å². The maximum absolute atomic E-state index is 4.03. The first-order valence-electron chi connectivity index (χ1n) is 3.73. The summed E-state index contributed by atoms with van der Waals surface area (Å²) in [5, 5.41) is 6.60. The van der Waals surface area contributed by atoms with Gasteiger partial charge in [-0.2, -0.15) is 0 Å². The standard InChI is InChI=1S/C7H15N3/c1-6(8-2)10-7-3-4-9-5-7/h7,9H,3-5H2,1-2H3,(H,8,10). The van der Waals surface area contributed by atoms with Crippen LogP contribution in [0.5, 0.6) is 0 Å². The van der Waals surface area contributed by atoms with Gasteiger partial charge in [0.2, 0.25) is 0 Å². The van der Waals surface area contributed by atoms with E-state index in [4.69, 9.17) is 0 Å². The van der Waals surface area contributed by atoms with Gasteiger partial charge < -0.3 is 10.6 Å². The summed E-state index contributed by atoms with van der Waals surface area (Å²) < 4.78 is 0. The Bertz CT molecular complexity index is 125. The van der Waals surface area contributed by atoms with Crippen molar-refractivity contribution in [3.8, 4) is 0 Å². The summed E-state index contributed by atoms with van der Waals surface area (Å²) in [5.41, 5.74) is 0. The summed E-state index contributed by atoms with van der Waals surface area (Å²) in [7, 11) is 1.81. The highest BCUT2D eigenvalue weighted by molar-refractivity contribution is 5.79. The van der Waals surface area contributed by atoms with Crippen LogP contribution in [0.4, 0.5) is 0 Å². The van der Waals surface area contributed by atoms with E-state index < -0.39 is 0 Å². The molecular formula is C7H15N3. The molecule has 0 aromatic carbocycles. The smallest absolute Gasteiger partial charge is 0.0930 e. The van der Waals surface area contributed by atoms with Gasteiger partial charge in [-0.3, -0.25) is 4.99 Å². The molecule has 3 nitrogen and oxygen atoms in total. The fraction of sp³-hybridized carbons (Fsp3) is 0.857. The molecule has 0 amide bonds. The molecule has 1 aliphatic rings. The highest BCUT2D eigenvalue weighted by atomic mass is 15.1. The van der Waals surface area contributed by atoms with Crippen molar-refractivity contribution in [3.05, 3.63) is 0 Å². The molecular weight excluding hydrogens is 126 g/mol. The number of hydrogen-bond acceptors (Lipinski definition) is 2. The third-order valence-electron chi connectivity index (χ3n) is 1.81. The largest absolute Gasteiger partial charge is 0.370 e. The summed E-state index contributed by atoms with van der Waals surface area (Å²) in [6.45, 7) is 4.21. The van der Waals surface area contributed by atoms with E-state index in [1.165, 1.54) is 6.42 Å². The third kappa shape index (κ3) is 1.99. The van der Waals surface area contributed by atoms with Gasteiger partial charge in [-0.25, -0.2) is 0 Å². The van der Waals surface area contributed by atoms with Crippen LogP contribution in [0.15, 0.2) is 4.99 Å². The van der Waals surface area contributed by atoms with Crippen LogP contribution in [-0.4, -0.2) is 32.0 Å². The Morgan fingerprint density at radius 3 is 3.00 bits per heavy atom. The molecule has 0 bridgehead atoms. The van der Waals surface area contributed by atoms with E-state index in [2.05, 4.69) is 15.6 Å². The summed E-state index contributed by atoms with van der Waals surface area (Å²) in [6.07, 6.45) is 1.22. The van der Waals surface area contributed by atoms with Crippen molar-refractivity contribution in [2.75, 3.05) is 20.1 Å². The van der Waals surface area contributed by atoms with E-state index in [1.54, 1.807) is 0 Å². The number of hydrogen-bond donors (Lipinski definition) is 2. The monoisotopic (exact) mass is 141 g/mol. The zero-order chi connectivity index (χ0) is 7.40. The van der Waals surface area contributed by atoms with Gasteiger partial charge in [0.1, 0.15) is 0 Å². The molecule has 0 spiro atoms. The Balaban J connectivity index is 2.24. The van der Waals surface area contributed by atoms with Crippen molar-refractivity contribution < 1.29 is 0 Å². The third-order valence-corrected chi connectivity index (χ3v) is 1.81. The molecule has 1 fully saturated rings. The Morgan fingerprint density at radius 1 is 1.70 bits per heavy atom. The molecule has 1 atom stereocenters. The van der Waals surface area contributed by atoms with E-state index in [0.29, 0.717) is 6.04 Å². The number of rotatable bonds is 1. The van der Waals surface area contributed by atoms with E-state index in [9.17, 15) is 0 Å². The number of nitrogens with one attached hydrogen (secondary N) is 2. The maximum Gasteiger partial charge on any atom is 0.0930 e. The molecule has 0 aromatic rings. The van der Waals surface area contributed by atoms with Crippen molar-refractivity contribution in [2.45, 2.75) is 19.4 Å². The number of nitrogens with zero attached hydrogens (tertiary/aromatic N) is 1. The molecule has 0 aromatic heterocycles. The van der Waals surface area contributed by atoms with Crippen LogP contribution in [0.3, 0.4) is 0 Å². The normalized spacial score (nSPS) is 27.0. The van der Waals surface area contributed by atoms with Crippen molar-refractivity contribution in [2.24, 2.45) is 4.99 Å². The average molecular weight is 141 g/mol. The van der Waals surface area contributed by atoms with Crippen molar-refractivity contribution >= 4 is 5.84 Å². The van der Waals surface area contributed by atoms with Crippen LogP contribution >= 0.6 is 0 Å². The molecule has 1 heterocycles. The van der Waals surface area contributed by atoms with Crippen LogP contribution in [-0.2, 0) is 0 Å². The molecule has 10 heavy (non-hydrogen) atoms. The van der Waals surface area contributed by atoms with E-state index >= 15 is 0 Å². The van der Waals surface area contributed by atoms with E-state index in [-0.39, 0.29) is 0 Å². The molecule has 1 aliphatic heterocycles. The lowest BCUT2D eigenvalue weighted by atomic mass is 10.2. The van der Waals surface area contributed by atoms with Crippen LogP contribution in [0.2, 0.25) is 0 Å².